The number of carbonyl (C=O) groups excluding carboxylic acids is 1. The molecule has 1 aromatic carbocycles. The third-order valence-electron chi connectivity index (χ3n) is 2.81. The maximum Gasteiger partial charge on any atom is 0.254 e. The molecule has 1 aromatic heterocycles. The molecule has 4 heteroatoms. The van der Waals surface area contributed by atoms with Gasteiger partial charge in [-0.3, -0.25) is 4.79 Å². The van der Waals surface area contributed by atoms with E-state index in [0.717, 1.165) is 10.4 Å². The predicted molar refractivity (Wildman–Crippen MR) is 71.4 cm³/mol. The van der Waals surface area contributed by atoms with Gasteiger partial charge in [0.2, 0.25) is 0 Å². The number of hydrogen-bond acceptors (Lipinski definition) is 2. The standard InChI is InChI=1S/C14H14FNOS/c1-9-6-7-18-12(9)8-16-14(17)11-5-3-4-10(2)13(11)15/h3-7H,8H2,1-2H3,(H,16,17). The van der Waals surface area contributed by atoms with Gasteiger partial charge < -0.3 is 5.32 Å². The summed E-state index contributed by atoms with van der Waals surface area (Å²) in [4.78, 5) is 13.0. The Kier molecular flexibility index (Phi) is 3.77. The van der Waals surface area contributed by atoms with E-state index in [2.05, 4.69) is 5.32 Å². The molecular formula is C14H14FNOS. The van der Waals surface area contributed by atoms with Gasteiger partial charge in [-0.05, 0) is 42.5 Å². The van der Waals surface area contributed by atoms with E-state index in [1.807, 2.05) is 18.4 Å². The van der Waals surface area contributed by atoms with Gasteiger partial charge in [0.1, 0.15) is 5.82 Å². The fraction of sp³-hybridized carbons (Fsp3) is 0.214. The van der Waals surface area contributed by atoms with Crippen LogP contribution in [-0.4, -0.2) is 5.91 Å². The first-order valence-electron chi connectivity index (χ1n) is 5.66. The van der Waals surface area contributed by atoms with E-state index in [4.69, 9.17) is 0 Å². The topological polar surface area (TPSA) is 29.1 Å². The molecule has 0 aliphatic heterocycles. The normalized spacial score (nSPS) is 10.4. The molecule has 1 amide bonds. The van der Waals surface area contributed by atoms with Gasteiger partial charge in [0.05, 0.1) is 12.1 Å². The Bertz CT molecular complexity index is 577. The molecule has 0 fully saturated rings. The van der Waals surface area contributed by atoms with Gasteiger partial charge in [0.15, 0.2) is 0 Å². The zero-order chi connectivity index (χ0) is 13.1. The van der Waals surface area contributed by atoms with Crippen LogP contribution < -0.4 is 5.32 Å². The van der Waals surface area contributed by atoms with Crippen molar-refractivity contribution in [2.75, 3.05) is 0 Å². The second-order valence-electron chi connectivity index (χ2n) is 4.15. The van der Waals surface area contributed by atoms with Crippen LogP contribution in [-0.2, 0) is 6.54 Å². The fourth-order valence-corrected chi connectivity index (χ4v) is 2.51. The SMILES string of the molecule is Cc1ccsc1CNC(=O)c1cccc(C)c1F. The molecule has 94 valence electrons. The minimum absolute atomic E-state index is 0.101. The minimum Gasteiger partial charge on any atom is -0.347 e. The number of benzene rings is 1. The minimum atomic E-state index is -0.446. The van der Waals surface area contributed by atoms with Crippen LogP contribution in [0.1, 0.15) is 26.4 Å². The summed E-state index contributed by atoms with van der Waals surface area (Å²) >= 11 is 1.59. The maximum atomic E-state index is 13.7. The van der Waals surface area contributed by atoms with Crippen LogP contribution >= 0.6 is 11.3 Å². The van der Waals surface area contributed by atoms with Crippen LogP contribution in [0.4, 0.5) is 4.39 Å². The molecule has 0 atom stereocenters. The molecule has 2 rings (SSSR count). The van der Waals surface area contributed by atoms with E-state index < -0.39 is 5.82 Å². The smallest absolute Gasteiger partial charge is 0.254 e. The third-order valence-corrected chi connectivity index (χ3v) is 3.84. The molecule has 1 heterocycles. The molecule has 0 bridgehead atoms. The van der Waals surface area contributed by atoms with Crippen molar-refractivity contribution in [3.8, 4) is 0 Å². The Balaban J connectivity index is 2.09. The van der Waals surface area contributed by atoms with Crippen molar-refractivity contribution in [1.82, 2.24) is 5.32 Å². The lowest BCUT2D eigenvalue weighted by Crippen LogP contribution is -2.23. The summed E-state index contributed by atoms with van der Waals surface area (Å²) in [5.74, 6) is -0.818. The van der Waals surface area contributed by atoms with Crippen LogP contribution in [0.25, 0.3) is 0 Å². The van der Waals surface area contributed by atoms with Gasteiger partial charge in [0, 0.05) is 4.88 Å². The van der Waals surface area contributed by atoms with Crippen LogP contribution in [0.2, 0.25) is 0 Å². The average Bonchev–Trinajstić information content (AvgIpc) is 2.75. The first-order chi connectivity index (χ1) is 8.59. The zero-order valence-corrected chi connectivity index (χ0v) is 11.1. The molecule has 0 aliphatic rings. The highest BCUT2D eigenvalue weighted by molar-refractivity contribution is 7.10. The van der Waals surface area contributed by atoms with Gasteiger partial charge in [-0.1, -0.05) is 12.1 Å². The average molecular weight is 263 g/mol. The van der Waals surface area contributed by atoms with Crippen molar-refractivity contribution < 1.29 is 9.18 Å². The first kappa shape index (κ1) is 12.8. The monoisotopic (exact) mass is 263 g/mol. The summed E-state index contributed by atoms with van der Waals surface area (Å²) in [6, 6.07) is 6.83. The molecule has 0 radical (unpaired) electrons. The summed E-state index contributed by atoms with van der Waals surface area (Å²) in [7, 11) is 0. The van der Waals surface area contributed by atoms with Crippen molar-refractivity contribution >= 4 is 17.2 Å². The lowest BCUT2D eigenvalue weighted by atomic mass is 10.1. The summed E-state index contributed by atoms with van der Waals surface area (Å²) < 4.78 is 13.7. The number of amides is 1. The Labute approximate surface area is 109 Å². The van der Waals surface area contributed by atoms with E-state index in [1.165, 1.54) is 6.07 Å². The number of hydrogen-bond donors (Lipinski definition) is 1. The predicted octanol–water partition coefficient (Wildman–Crippen LogP) is 3.43. The van der Waals surface area contributed by atoms with E-state index >= 15 is 0 Å². The number of thiophene rings is 1. The molecule has 0 spiro atoms. The van der Waals surface area contributed by atoms with Gasteiger partial charge in [-0.25, -0.2) is 4.39 Å². The number of halogens is 1. The highest BCUT2D eigenvalue weighted by Crippen LogP contribution is 2.16. The number of aryl methyl sites for hydroxylation is 2. The molecule has 0 unspecified atom stereocenters. The van der Waals surface area contributed by atoms with Crippen LogP contribution in [0.5, 0.6) is 0 Å². The molecule has 0 aliphatic carbocycles. The lowest BCUT2D eigenvalue weighted by molar-refractivity contribution is 0.0947. The summed E-state index contributed by atoms with van der Waals surface area (Å²) in [5.41, 5.74) is 1.73. The van der Waals surface area contributed by atoms with Gasteiger partial charge in [0.25, 0.3) is 5.91 Å². The van der Waals surface area contributed by atoms with Crippen molar-refractivity contribution in [3.63, 3.8) is 0 Å². The van der Waals surface area contributed by atoms with Crippen molar-refractivity contribution in [3.05, 3.63) is 57.0 Å². The van der Waals surface area contributed by atoms with Gasteiger partial charge >= 0.3 is 0 Å². The van der Waals surface area contributed by atoms with E-state index in [9.17, 15) is 9.18 Å². The summed E-state index contributed by atoms with van der Waals surface area (Å²) in [6.07, 6.45) is 0. The van der Waals surface area contributed by atoms with E-state index in [0.29, 0.717) is 12.1 Å². The third kappa shape index (κ3) is 2.59. The molecule has 0 saturated heterocycles. The molecule has 2 aromatic rings. The first-order valence-corrected chi connectivity index (χ1v) is 6.54. The van der Waals surface area contributed by atoms with Crippen molar-refractivity contribution in [2.24, 2.45) is 0 Å². The number of rotatable bonds is 3. The second kappa shape index (κ2) is 5.31. The van der Waals surface area contributed by atoms with Crippen molar-refractivity contribution in [1.29, 1.82) is 0 Å². The molecule has 1 N–H and O–H groups in total. The van der Waals surface area contributed by atoms with Gasteiger partial charge in [-0.15, -0.1) is 11.3 Å². The lowest BCUT2D eigenvalue weighted by Gasteiger charge is -2.07. The second-order valence-corrected chi connectivity index (χ2v) is 5.15. The Morgan fingerprint density at radius 1 is 1.28 bits per heavy atom. The van der Waals surface area contributed by atoms with Gasteiger partial charge in [-0.2, -0.15) is 0 Å². The summed E-state index contributed by atoms with van der Waals surface area (Å²) in [5, 5.41) is 4.72. The van der Waals surface area contributed by atoms with Crippen LogP contribution in [0.15, 0.2) is 29.6 Å². The highest BCUT2D eigenvalue weighted by Gasteiger charge is 2.13. The Hall–Kier alpha value is -1.68. The molecule has 2 nitrogen and oxygen atoms in total. The molecule has 18 heavy (non-hydrogen) atoms. The number of nitrogens with one attached hydrogen (secondary N) is 1. The van der Waals surface area contributed by atoms with E-state index in [-0.39, 0.29) is 11.5 Å². The maximum absolute atomic E-state index is 13.7. The molecule has 0 saturated carbocycles. The quantitative estimate of drug-likeness (QED) is 0.903. The van der Waals surface area contributed by atoms with Crippen LogP contribution in [0, 0.1) is 19.7 Å². The summed E-state index contributed by atoms with van der Waals surface area (Å²) in [6.45, 7) is 4.08. The largest absolute Gasteiger partial charge is 0.347 e. The Morgan fingerprint density at radius 3 is 2.72 bits per heavy atom. The number of carbonyl (C=O) groups is 1. The van der Waals surface area contributed by atoms with E-state index in [1.54, 1.807) is 30.4 Å². The van der Waals surface area contributed by atoms with Crippen LogP contribution in [0.3, 0.4) is 0 Å². The Morgan fingerprint density at radius 2 is 2.06 bits per heavy atom. The van der Waals surface area contributed by atoms with Crippen molar-refractivity contribution in [2.45, 2.75) is 20.4 Å². The fourth-order valence-electron chi connectivity index (χ4n) is 1.66. The molecular weight excluding hydrogens is 249 g/mol. The highest BCUT2D eigenvalue weighted by atomic mass is 32.1. The zero-order valence-electron chi connectivity index (χ0n) is 10.3.